The molecule has 0 aliphatic rings. The summed E-state index contributed by atoms with van der Waals surface area (Å²) < 4.78 is 1.16. The Balaban J connectivity index is 2.63. The van der Waals surface area contributed by atoms with Gasteiger partial charge in [-0.3, -0.25) is 0 Å². The van der Waals surface area contributed by atoms with Crippen molar-refractivity contribution in [2.75, 3.05) is 5.32 Å². The Bertz CT molecular complexity index is 467. The molecule has 1 rings (SSSR count). The van der Waals surface area contributed by atoms with E-state index >= 15 is 0 Å². The molecule has 0 fully saturated rings. The fraction of sp³-hybridized carbons (Fsp3) is 0.357. The van der Waals surface area contributed by atoms with Crippen LogP contribution in [0.2, 0.25) is 0 Å². The topological polar surface area (TPSA) is 41.1 Å². The number of hydrogen-bond donors (Lipinski definition) is 2. The molecule has 0 aromatic heterocycles. The molecule has 18 heavy (non-hydrogen) atoms. The zero-order chi connectivity index (χ0) is 13.7. The van der Waals surface area contributed by atoms with Crippen LogP contribution in [0.1, 0.15) is 26.3 Å². The van der Waals surface area contributed by atoms with Crippen LogP contribution >= 0.6 is 22.6 Å². The van der Waals surface area contributed by atoms with Crippen LogP contribution < -0.4 is 10.6 Å². The van der Waals surface area contributed by atoms with Gasteiger partial charge in [-0.1, -0.05) is 19.4 Å². The fourth-order valence-corrected chi connectivity index (χ4v) is 1.92. The minimum Gasteiger partial charge on any atom is -0.314 e. The van der Waals surface area contributed by atoms with Crippen LogP contribution in [-0.2, 0) is 0 Å². The van der Waals surface area contributed by atoms with Crippen molar-refractivity contribution in [1.29, 1.82) is 0 Å². The minimum atomic E-state index is -0.209. The first-order valence-corrected chi connectivity index (χ1v) is 6.98. The predicted molar refractivity (Wildman–Crippen MR) is 84.6 cm³/mol. The first kappa shape index (κ1) is 15.0. The molecule has 0 aliphatic carbocycles. The molecular formula is C14H19IN2O. The van der Waals surface area contributed by atoms with Crippen molar-refractivity contribution < 1.29 is 4.79 Å². The van der Waals surface area contributed by atoms with Gasteiger partial charge in [0.05, 0.1) is 0 Å². The van der Waals surface area contributed by atoms with Crippen molar-refractivity contribution in [1.82, 2.24) is 5.32 Å². The summed E-state index contributed by atoms with van der Waals surface area (Å²) in [5.74, 6) is 0.435. The van der Waals surface area contributed by atoms with Crippen LogP contribution in [0.15, 0.2) is 30.0 Å². The number of aryl methyl sites for hydroxylation is 1. The quantitative estimate of drug-likeness (QED) is 0.778. The summed E-state index contributed by atoms with van der Waals surface area (Å²) in [4.78, 5) is 11.7. The molecule has 0 bridgehead atoms. The van der Waals surface area contributed by atoms with Gasteiger partial charge in [0.15, 0.2) is 0 Å². The number of urea groups is 1. The molecule has 4 heteroatoms. The van der Waals surface area contributed by atoms with Gasteiger partial charge in [-0.15, -0.1) is 0 Å². The Kier molecular flexibility index (Phi) is 5.65. The van der Waals surface area contributed by atoms with Gasteiger partial charge in [-0.05, 0) is 66.1 Å². The van der Waals surface area contributed by atoms with E-state index in [1.165, 1.54) is 0 Å². The number of allylic oxidation sites excluding steroid dienone is 1. The van der Waals surface area contributed by atoms with Gasteiger partial charge >= 0.3 is 6.03 Å². The summed E-state index contributed by atoms with van der Waals surface area (Å²) >= 11 is 2.25. The molecule has 1 aromatic carbocycles. The summed E-state index contributed by atoms with van der Waals surface area (Å²) in [6.45, 7) is 8.16. The molecule has 0 spiro atoms. The van der Waals surface area contributed by atoms with E-state index < -0.39 is 0 Å². The average molecular weight is 358 g/mol. The highest BCUT2D eigenvalue weighted by Gasteiger charge is 2.04. The van der Waals surface area contributed by atoms with Crippen LogP contribution in [0.3, 0.4) is 0 Å². The second kappa shape index (κ2) is 6.78. The second-order valence-corrected chi connectivity index (χ2v) is 5.85. The molecule has 0 atom stereocenters. The Morgan fingerprint density at radius 2 is 2.06 bits per heavy atom. The number of carbonyl (C=O) groups excluding carboxylic acids is 1. The van der Waals surface area contributed by atoms with E-state index in [0.717, 1.165) is 20.4 Å². The second-order valence-electron chi connectivity index (χ2n) is 4.60. The van der Waals surface area contributed by atoms with Crippen LogP contribution in [-0.4, -0.2) is 6.03 Å². The zero-order valence-corrected chi connectivity index (χ0v) is 13.3. The Labute approximate surface area is 122 Å². The number of hydrogen-bond acceptors (Lipinski definition) is 1. The SMILES string of the molecule is C/C(=C\NC(=O)Nc1ccc(I)cc1C)C(C)C. The lowest BCUT2D eigenvalue weighted by molar-refractivity contribution is 0.255. The third-order valence-electron chi connectivity index (χ3n) is 2.78. The first-order chi connectivity index (χ1) is 8.40. The van der Waals surface area contributed by atoms with Gasteiger partial charge in [0.2, 0.25) is 0 Å². The lowest BCUT2D eigenvalue weighted by Gasteiger charge is -2.10. The molecule has 0 saturated carbocycles. The molecule has 2 amide bonds. The first-order valence-electron chi connectivity index (χ1n) is 5.90. The van der Waals surface area contributed by atoms with Crippen molar-refractivity contribution in [3.8, 4) is 0 Å². The number of benzene rings is 1. The predicted octanol–water partition coefficient (Wildman–Crippen LogP) is 4.28. The molecule has 0 heterocycles. The van der Waals surface area contributed by atoms with Crippen molar-refractivity contribution in [2.24, 2.45) is 5.92 Å². The number of anilines is 1. The highest BCUT2D eigenvalue weighted by molar-refractivity contribution is 14.1. The van der Waals surface area contributed by atoms with Crippen molar-refractivity contribution in [3.63, 3.8) is 0 Å². The van der Waals surface area contributed by atoms with Gasteiger partial charge in [0.25, 0.3) is 0 Å². The Morgan fingerprint density at radius 3 is 2.61 bits per heavy atom. The maximum Gasteiger partial charge on any atom is 0.323 e. The number of amides is 2. The highest BCUT2D eigenvalue weighted by atomic mass is 127. The summed E-state index contributed by atoms with van der Waals surface area (Å²) in [6.07, 6.45) is 1.75. The molecule has 0 radical (unpaired) electrons. The normalized spacial score (nSPS) is 11.6. The molecule has 0 unspecified atom stereocenters. The van der Waals surface area contributed by atoms with E-state index in [0.29, 0.717) is 5.92 Å². The van der Waals surface area contributed by atoms with Crippen molar-refractivity contribution in [2.45, 2.75) is 27.7 Å². The van der Waals surface area contributed by atoms with Gasteiger partial charge in [-0.25, -0.2) is 4.79 Å². The summed E-state index contributed by atoms with van der Waals surface area (Å²) in [7, 11) is 0. The number of rotatable bonds is 3. The number of nitrogens with one attached hydrogen (secondary N) is 2. The molecule has 0 saturated heterocycles. The van der Waals surface area contributed by atoms with E-state index in [1.54, 1.807) is 6.20 Å². The van der Waals surface area contributed by atoms with E-state index in [2.05, 4.69) is 47.1 Å². The van der Waals surface area contributed by atoms with Gasteiger partial charge in [0, 0.05) is 15.5 Å². The van der Waals surface area contributed by atoms with E-state index in [4.69, 9.17) is 0 Å². The maximum absolute atomic E-state index is 11.7. The van der Waals surface area contributed by atoms with Gasteiger partial charge in [-0.2, -0.15) is 0 Å². The smallest absolute Gasteiger partial charge is 0.314 e. The monoisotopic (exact) mass is 358 g/mol. The lowest BCUT2D eigenvalue weighted by Crippen LogP contribution is -2.25. The van der Waals surface area contributed by atoms with Crippen LogP contribution in [0, 0.1) is 16.4 Å². The lowest BCUT2D eigenvalue weighted by atomic mass is 10.1. The standard InChI is InChI=1S/C14H19IN2O/c1-9(2)11(4)8-16-14(18)17-13-6-5-12(15)7-10(13)3/h5-9H,1-4H3,(H2,16,17,18)/b11-8+. The van der Waals surface area contributed by atoms with E-state index in [-0.39, 0.29) is 6.03 Å². The van der Waals surface area contributed by atoms with Gasteiger partial charge in [0.1, 0.15) is 0 Å². The van der Waals surface area contributed by atoms with Crippen molar-refractivity contribution in [3.05, 3.63) is 39.1 Å². The number of carbonyl (C=O) groups is 1. The largest absolute Gasteiger partial charge is 0.323 e. The maximum atomic E-state index is 11.7. The third-order valence-corrected chi connectivity index (χ3v) is 3.45. The minimum absolute atomic E-state index is 0.209. The highest BCUT2D eigenvalue weighted by Crippen LogP contribution is 2.17. The average Bonchev–Trinajstić information content (AvgIpc) is 2.29. The summed E-state index contributed by atoms with van der Waals surface area (Å²) in [5.41, 5.74) is 3.04. The molecular weight excluding hydrogens is 339 g/mol. The van der Waals surface area contributed by atoms with E-state index in [1.807, 2.05) is 32.0 Å². The molecule has 3 nitrogen and oxygen atoms in total. The van der Waals surface area contributed by atoms with E-state index in [9.17, 15) is 4.79 Å². The molecule has 98 valence electrons. The summed E-state index contributed by atoms with van der Waals surface area (Å²) in [5, 5.41) is 5.57. The summed E-state index contributed by atoms with van der Waals surface area (Å²) in [6, 6.07) is 5.71. The Morgan fingerprint density at radius 1 is 1.39 bits per heavy atom. The van der Waals surface area contributed by atoms with Gasteiger partial charge < -0.3 is 10.6 Å². The molecule has 0 aliphatic heterocycles. The van der Waals surface area contributed by atoms with Crippen molar-refractivity contribution >= 4 is 34.3 Å². The van der Waals surface area contributed by atoms with Crippen LogP contribution in [0.25, 0.3) is 0 Å². The molecule has 1 aromatic rings. The van der Waals surface area contributed by atoms with Crippen LogP contribution in [0.4, 0.5) is 10.5 Å². The third kappa shape index (κ3) is 4.68. The molecule has 2 N–H and O–H groups in total. The Hall–Kier alpha value is -1.04. The van der Waals surface area contributed by atoms with Crippen LogP contribution in [0.5, 0.6) is 0 Å². The fourth-order valence-electron chi connectivity index (χ4n) is 1.27. The number of halogens is 1. The zero-order valence-electron chi connectivity index (χ0n) is 11.2.